The Bertz CT molecular complexity index is 5330. The molecule has 0 saturated carbocycles. The van der Waals surface area contributed by atoms with Gasteiger partial charge in [-0.1, -0.05) is 182 Å². The molecule has 90 heavy (non-hydrogen) atoms. The first-order chi connectivity index (χ1) is 44.3. The highest BCUT2D eigenvalue weighted by molar-refractivity contribution is 6.14. The van der Waals surface area contributed by atoms with Crippen molar-refractivity contribution in [2.24, 2.45) is 0 Å². The van der Waals surface area contributed by atoms with Crippen LogP contribution in [0.2, 0.25) is 0 Å². The van der Waals surface area contributed by atoms with Crippen molar-refractivity contribution < 1.29 is 0 Å². The van der Waals surface area contributed by atoms with Crippen molar-refractivity contribution in [1.29, 1.82) is 10.5 Å². The molecule has 15 rings (SSSR count). The van der Waals surface area contributed by atoms with E-state index in [1.165, 1.54) is 0 Å². The van der Waals surface area contributed by atoms with Crippen LogP contribution in [0.1, 0.15) is 11.1 Å². The van der Waals surface area contributed by atoms with Crippen LogP contribution in [0.5, 0.6) is 0 Å². The maximum Gasteiger partial charge on any atom is 0.189 e. The summed E-state index contributed by atoms with van der Waals surface area (Å²) in [5.74, 6) is 1.54. The lowest BCUT2D eigenvalue weighted by Gasteiger charge is -2.20. The van der Waals surface area contributed by atoms with E-state index in [0.717, 1.165) is 127 Å². The van der Waals surface area contributed by atoms with Gasteiger partial charge in [-0.15, -0.1) is 0 Å². The number of rotatable bonds is 10. The zero-order valence-corrected chi connectivity index (χ0v) is 47.9. The Kier molecular flexibility index (Phi) is 13.2. The minimum atomic E-state index is 0.461. The van der Waals surface area contributed by atoms with Crippen molar-refractivity contribution >= 4 is 60.7 Å². The van der Waals surface area contributed by atoms with Gasteiger partial charge in [-0.05, 0) is 129 Å². The van der Waals surface area contributed by atoms with E-state index in [4.69, 9.17) is 34.7 Å². The van der Waals surface area contributed by atoms with Crippen LogP contribution in [0, 0.1) is 42.4 Å². The number of benzene rings is 12. The van der Waals surface area contributed by atoms with Crippen LogP contribution in [-0.4, -0.2) is 24.1 Å². The van der Waals surface area contributed by atoms with E-state index in [-0.39, 0.29) is 0 Å². The molecule has 0 amide bonds. The number of fused-ring (bicyclic) bond motifs is 6. The summed E-state index contributed by atoms with van der Waals surface area (Å²) < 4.78 is 4.59. The van der Waals surface area contributed by atoms with Crippen LogP contribution in [0.15, 0.2) is 267 Å². The third-order valence-corrected chi connectivity index (χ3v) is 16.7. The van der Waals surface area contributed by atoms with Gasteiger partial charge in [0.1, 0.15) is 0 Å². The number of nitrogens with zero attached hydrogens (tertiary/aromatic N) is 10. The van der Waals surface area contributed by atoms with Crippen LogP contribution in [0.25, 0.3) is 159 Å². The Morgan fingerprint density at radius 1 is 0.278 bits per heavy atom. The molecule has 0 bridgehead atoms. The lowest BCUT2D eigenvalue weighted by atomic mass is 9.97. The van der Waals surface area contributed by atoms with Gasteiger partial charge in [0.25, 0.3) is 0 Å². The molecule has 15 aromatic rings. The summed E-state index contributed by atoms with van der Waals surface area (Å²) in [5, 5.41) is 23.4. The predicted octanol–water partition coefficient (Wildman–Crippen LogP) is 20.8. The second-order valence-electron chi connectivity index (χ2n) is 21.9. The molecule has 0 N–H and O–H groups in total. The van der Waals surface area contributed by atoms with E-state index < -0.39 is 0 Å². The molecule has 0 saturated heterocycles. The molecule has 0 spiro atoms. The van der Waals surface area contributed by atoms with E-state index in [1.54, 1.807) is 0 Å². The van der Waals surface area contributed by atoms with Gasteiger partial charge in [0.15, 0.2) is 34.5 Å². The third kappa shape index (κ3) is 9.50. The molecule has 0 aliphatic carbocycles. The summed E-state index contributed by atoms with van der Waals surface area (Å²) in [5.41, 5.74) is 20.0. The highest BCUT2D eigenvalue weighted by Crippen LogP contribution is 2.46. The van der Waals surface area contributed by atoms with E-state index >= 15 is 0 Å². The Morgan fingerprint density at radius 3 is 0.933 bits per heavy atom. The second-order valence-corrected chi connectivity index (χ2v) is 21.9. The fourth-order valence-electron chi connectivity index (χ4n) is 12.2. The summed E-state index contributed by atoms with van der Waals surface area (Å²) in [6, 6.07) is 93.3. The normalized spacial score (nSPS) is 11.1. The Hall–Kier alpha value is -13.3. The molecule has 10 nitrogen and oxygen atoms in total. The van der Waals surface area contributed by atoms with Crippen molar-refractivity contribution in [3.63, 3.8) is 0 Å². The summed E-state index contributed by atoms with van der Waals surface area (Å²) in [7, 11) is 0. The SMILES string of the molecule is [C-]#[N+]c1ccc(-c2ccc3c(c2)c2cc(-c4ccc([N+]#[C-])cc4)ccc2n3-c2cc(-c3nc(-c4ccccc4)nc(-c4ccccc4)n3)ccc2-c2ccc([N+]#[C-])cc2-n2c3ccc(-c4ccc(C#N)cc4)cc3c3cc(-c4ccc(C#N)cc4)ccc32)cc1. The minimum Gasteiger partial charge on any atom is -0.310 e. The van der Waals surface area contributed by atoms with Crippen LogP contribution in [0.3, 0.4) is 0 Å². The minimum absolute atomic E-state index is 0.461. The van der Waals surface area contributed by atoms with Crippen LogP contribution >= 0.6 is 0 Å². The van der Waals surface area contributed by atoms with Gasteiger partial charge in [-0.25, -0.2) is 29.5 Å². The molecule has 12 aromatic carbocycles. The molecular formula is C80H44N10. The number of nitriles is 2. The predicted molar refractivity (Wildman–Crippen MR) is 360 cm³/mol. The van der Waals surface area contributed by atoms with Crippen molar-refractivity contribution in [3.05, 3.63) is 312 Å². The smallest absolute Gasteiger partial charge is 0.189 e. The van der Waals surface area contributed by atoms with Crippen molar-refractivity contribution in [3.8, 4) is 113 Å². The van der Waals surface area contributed by atoms with Crippen LogP contribution < -0.4 is 0 Å². The van der Waals surface area contributed by atoms with Crippen molar-refractivity contribution in [2.45, 2.75) is 0 Å². The van der Waals surface area contributed by atoms with E-state index in [0.29, 0.717) is 45.7 Å². The Morgan fingerprint density at radius 2 is 0.578 bits per heavy atom. The van der Waals surface area contributed by atoms with Crippen molar-refractivity contribution in [2.75, 3.05) is 0 Å². The first kappa shape index (κ1) is 53.4. The molecule has 10 heteroatoms. The lowest BCUT2D eigenvalue weighted by Crippen LogP contribution is -2.04. The standard InChI is InChI=1S/C80H44N10/c1-83-63-31-22-54(23-32-63)60-29-38-72-68(44-60)69-45-61(55-24-33-64(84-2)34-25-55)30-39-73(69)89(72)76-46-62(80-87-78(56-10-6-4-7-11-56)86-79(88-80)57-12-8-5-9-13-57)26-36-66(76)67-37-35-65(85-3)47-77(67)90-74-40-27-58(52-18-14-50(48-81)15-19-52)42-70(74)71-43-59(28-41-75(71)90)53-20-16-51(49-82)17-21-53/h4-47H. The molecule has 0 radical (unpaired) electrons. The van der Waals surface area contributed by atoms with E-state index in [2.05, 4.69) is 133 Å². The average molecular weight is 1150 g/mol. The number of hydrogen-bond donors (Lipinski definition) is 0. The molecule has 0 fully saturated rings. The maximum atomic E-state index is 9.71. The lowest BCUT2D eigenvalue weighted by molar-refractivity contribution is 1.07. The van der Waals surface area contributed by atoms with Gasteiger partial charge < -0.3 is 9.13 Å². The summed E-state index contributed by atoms with van der Waals surface area (Å²) >= 11 is 0. The molecule has 0 aliphatic heterocycles. The molecule has 3 aromatic heterocycles. The quantitative estimate of drug-likeness (QED) is 0.127. The molecule has 0 unspecified atom stereocenters. The van der Waals surface area contributed by atoms with Gasteiger partial charge in [0, 0.05) is 55.0 Å². The maximum absolute atomic E-state index is 9.71. The average Bonchev–Trinajstić information content (AvgIpc) is 1.64. The largest absolute Gasteiger partial charge is 0.310 e. The summed E-state index contributed by atoms with van der Waals surface area (Å²) in [6.07, 6.45) is 0. The second kappa shape index (κ2) is 22.3. The zero-order valence-electron chi connectivity index (χ0n) is 47.9. The summed E-state index contributed by atoms with van der Waals surface area (Å²) in [6.45, 7) is 23.9. The van der Waals surface area contributed by atoms with Gasteiger partial charge in [0.05, 0.1) is 70.7 Å². The summed E-state index contributed by atoms with van der Waals surface area (Å²) in [4.78, 5) is 27.0. The third-order valence-electron chi connectivity index (χ3n) is 16.7. The zero-order chi connectivity index (χ0) is 60.8. The van der Waals surface area contributed by atoms with E-state index in [9.17, 15) is 10.5 Å². The Labute approximate surface area is 518 Å². The highest BCUT2D eigenvalue weighted by atomic mass is 15.0. The number of aromatic nitrogens is 5. The van der Waals surface area contributed by atoms with Gasteiger partial charge >= 0.3 is 0 Å². The topological polar surface area (TPSA) is 109 Å². The molecule has 0 atom stereocenters. The molecule has 0 aliphatic rings. The fraction of sp³-hybridized carbons (Fsp3) is 0. The fourth-order valence-corrected chi connectivity index (χ4v) is 12.2. The van der Waals surface area contributed by atoms with Gasteiger partial charge in [-0.3, -0.25) is 0 Å². The Balaban J connectivity index is 1.02. The molecule has 3 heterocycles. The van der Waals surface area contributed by atoms with Gasteiger partial charge in [0.2, 0.25) is 0 Å². The highest BCUT2D eigenvalue weighted by Gasteiger charge is 2.24. The van der Waals surface area contributed by atoms with E-state index in [1.807, 2.05) is 170 Å². The van der Waals surface area contributed by atoms with Gasteiger partial charge in [-0.2, -0.15) is 10.5 Å². The number of hydrogen-bond acceptors (Lipinski definition) is 5. The van der Waals surface area contributed by atoms with Crippen LogP contribution in [0.4, 0.5) is 17.1 Å². The monoisotopic (exact) mass is 1140 g/mol. The molecule has 414 valence electrons. The first-order valence-electron chi connectivity index (χ1n) is 29.0. The first-order valence-corrected chi connectivity index (χ1v) is 29.0. The molecular weight excluding hydrogens is 1100 g/mol. The van der Waals surface area contributed by atoms with Crippen LogP contribution in [-0.2, 0) is 0 Å². The van der Waals surface area contributed by atoms with Crippen molar-refractivity contribution in [1.82, 2.24) is 24.1 Å².